The first-order valence-electron chi connectivity index (χ1n) is 6.52. The minimum atomic E-state index is 0.902. The lowest BCUT2D eigenvalue weighted by Crippen LogP contribution is -2.39. The fraction of sp³-hybridized carbons (Fsp3) is 1.00. The summed E-state index contributed by atoms with van der Waals surface area (Å²) < 4.78 is 0. The molecule has 1 fully saturated rings. The van der Waals surface area contributed by atoms with Crippen LogP contribution in [0.5, 0.6) is 0 Å². The average molecular weight is 197 g/mol. The Labute approximate surface area is 89.9 Å². The van der Waals surface area contributed by atoms with Crippen molar-refractivity contribution < 1.29 is 0 Å². The van der Waals surface area contributed by atoms with Crippen LogP contribution in [0.4, 0.5) is 0 Å². The molecule has 0 N–H and O–H groups in total. The maximum atomic E-state index is 2.73. The van der Waals surface area contributed by atoms with Gasteiger partial charge in [0.2, 0.25) is 0 Å². The van der Waals surface area contributed by atoms with Gasteiger partial charge >= 0.3 is 0 Å². The van der Waals surface area contributed by atoms with Crippen LogP contribution in [-0.4, -0.2) is 24.0 Å². The molecule has 2 atom stereocenters. The van der Waals surface area contributed by atoms with Crippen molar-refractivity contribution in [2.24, 2.45) is 5.92 Å². The van der Waals surface area contributed by atoms with Crippen LogP contribution in [0.1, 0.15) is 59.3 Å². The first kappa shape index (κ1) is 12.0. The molecule has 1 saturated carbocycles. The topological polar surface area (TPSA) is 3.24 Å². The molecule has 0 unspecified atom stereocenters. The highest BCUT2D eigenvalue weighted by Crippen LogP contribution is 2.27. The summed E-state index contributed by atoms with van der Waals surface area (Å²) in [4.78, 5) is 2.73. The molecular formula is C13H27N. The second kappa shape index (κ2) is 6.44. The molecule has 0 saturated heterocycles. The molecule has 1 nitrogen and oxygen atoms in total. The zero-order chi connectivity index (χ0) is 10.4. The molecule has 0 spiro atoms. The van der Waals surface area contributed by atoms with E-state index in [4.69, 9.17) is 0 Å². The molecule has 0 aliphatic heterocycles. The Morgan fingerprint density at radius 2 is 1.71 bits per heavy atom. The number of nitrogens with zero attached hydrogens (tertiary/aromatic N) is 1. The van der Waals surface area contributed by atoms with Crippen LogP contribution >= 0.6 is 0 Å². The third-order valence-electron chi connectivity index (χ3n) is 3.45. The van der Waals surface area contributed by atoms with Crippen LogP contribution in [0.25, 0.3) is 0 Å². The van der Waals surface area contributed by atoms with E-state index in [0.717, 1.165) is 12.0 Å². The number of hydrogen-bond donors (Lipinski definition) is 0. The van der Waals surface area contributed by atoms with Crippen molar-refractivity contribution >= 4 is 0 Å². The molecule has 0 aromatic rings. The molecule has 0 aromatic heterocycles. The molecule has 1 rings (SSSR count). The van der Waals surface area contributed by atoms with Gasteiger partial charge in [0.1, 0.15) is 0 Å². The third kappa shape index (κ3) is 3.61. The van der Waals surface area contributed by atoms with E-state index in [2.05, 4.69) is 25.7 Å². The van der Waals surface area contributed by atoms with E-state index < -0.39 is 0 Å². The van der Waals surface area contributed by atoms with Crippen molar-refractivity contribution in [3.8, 4) is 0 Å². The summed E-state index contributed by atoms with van der Waals surface area (Å²) in [7, 11) is 0. The van der Waals surface area contributed by atoms with E-state index >= 15 is 0 Å². The molecular weight excluding hydrogens is 170 g/mol. The Morgan fingerprint density at radius 3 is 2.21 bits per heavy atom. The van der Waals surface area contributed by atoms with Crippen LogP contribution in [0.3, 0.4) is 0 Å². The molecule has 0 aromatic carbocycles. The summed E-state index contributed by atoms with van der Waals surface area (Å²) in [5, 5.41) is 0. The fourth-order valence-corrected chi connectivity index (χ4v) is 2.79. The van der Waals surface area contributed by atoms with Crippen molar-refractivity contribution in [1.82, 2.24) is 4.90 Å². The maximum absolute atomic E-state index is 2.73. The predicted molar refractivity (Wildman–Crippen MR) is 63.6 cm³/mol. The van der Waals surface area contributed by atoms with Gasteiger partial charge in [0.25, 0.3) is 0 Å². The van der Waals surface area contributed by atoms with Gasteiger partial charge in [-0.05, 0) is 44.7 Å². The zero-order valence-electron chi connectivity index (χ0n) is 10.3. The summed E-state index contributed by atoms with van der Waals surface area (Å²) in [5.74, 6) is 0.963. The summed E-state index contributed by atoms with van der Waals surface area (Å²) in [5.41, 5.74) is 0. The number of hydrogen-bond acceptors (Lipinski definition) is 1. The Kier molecular flexibility index (Phi) is 5.54. The average Bonchev–Trinajstić information content (AvgIpc) is 2.17. The van der Waals surface area contributed by atoms with E-state index in [1.54, 1.807) is 0 Å². The van der Waals surface area contributed by atoms with Crippen LogP contribution in [-0.2, 0) is 0 Å². The Morgan fingerprint density at radius 1 is 1.07 bits per heavy atom. The van der Waals surface area contributed by atoms with Crippen molar-refractivity contribution in [1.29, 1.82) is 0 Å². The first-order valence-corrected chi connectivity index (χ1v) is 6.52. The zero-order valence-corrected chi connectivity index (χ0v) is 10.3. The largest absolute Gasteiger partial charge is 0.300 e. The van der Waals surface area contributed by atoms with E-state index in [-0.39, 0.29) is 0 Å². The Hall–Kier alpha value is -0.0400. The van der Waals surface area contributed by atoms with E-state index in [0.29, 0.717) is 0 Å². The predicted octanol–water partition coefficient (Wildman–Crippen LogP) is 3.69. The second-order valence-electron chi connectivity index (χ2n) is 4.96. The van der Waals surface area contributed by atoms with Crippen molar-refractivity contribution in [3.05, 3.63) is 0 Å². The molecule has 1 heteroatoms. The Balaban J connectivity index is 2.39. The molecule has 0 bridgehead atoms. The van der Waals surface area contributed by atoms with Gasteiger partial charge in [0.05, 0.1) is 0 Å². The highest BCUT2D eigenvalue weighted by molar-refractivity contribution is 4.78. The van der Waals surface area contributed by atoms with E-state index in [1.165, 1.54) is 51.6 Å². The van der Waals surface area contributed by atoms with Gasteiger partial charge in [-0.25, -0.2) is 0 Å². The molecule has 14 heavy (non-hydrogen) atoms. The summed E-state index contributed by atoms with van der Waals surface area (Å²) >= 11 is 0. The second-order valence-corrected chi connectivity index (χ2v) is 4.96. The molecule has 1 aliphatic carbocycles. The molecule has 0 radical (unpaired) electrons. The molecule has 1 aliphatic rings. The minimum Gasteiger partial charge on any atom is -0.300 e. The lowest BCUT2D eigenvalue weighted by molar-refractivity contribution is 0.134. The third-order valence-corrected chi connectivity index (χ3v) is 3.45. The van der Waals surface area contributed by atoms with Gasteiger partial charge in [-0.15, -0.1) is 0 Å². The van der Waals surface area contributed by atoms with Crippen LogP contribution in [0.15, 0.2) is 0 Å². The van der Waals surface area contributed by atoms with Crippen molar-refractivity contribution in [2.75, 3.05) is 13.1 Å². The Bertz CT molecular complexity index is 135. The number of rotatable bonds is 5. The van der Waals surface area contributed by atoms with Crippen LogP contribution in [0, 0.1) is 5.92 Å². The smallest absolute Gasteiger partial charge is 0.00977 e. The normalized spacial score (nSPS) is 28.3. The van der Waals surface area contributed by atoms with Gasteiger partial charge in [0, 0.05) is 6.04 Å². The van der Waals surface area contributed by atoms with Gasteiger partial charge < -0.3 is 4.90 Å². The standard InChI is InChI=1S/C13H27N/c1-4-9-14(10-5-2)13-8-6-7-12(3)11-13/h12-13H,4-11H2,1-3H3/t12-,13+/m1/s1. The molecule has 84 valence electrons. The summed E-state index contributed by atoms with van der Waals surface area (Å²) in [6, 6.07) is 0.902. The summed E-state index contributed by atoms with van der Waals surface area (Å²) in [6.07, 6.45) is 8.43. The highest BCUT2D eigenvalue weighted by atomic mass is 15.1. The van der Waals surface area contributed by atoms with Gasteiger partial charge in [-0.3, -0.25) is 0 Å². The van der Waals surface area contributed by atoms with Crippen LogP contribution in [0.2, 0.25) is 0 Å². The van der Waals surface area contributed by atoms with Gasteiger partial charge in [0.15, 0.2) is 0 Å². The van der Waals surface area contributed by atoms with Gasteiger partial charge in [-0.2, -0.15) is 0 Å². The van der Waals surface area contributed by atoms with Crippen molar-refractivity contribution in [2.45, 2.75) is 65.3 Å². The summed E-state index contributed by atoms with van der Waals surface area (Å²) in [6.45, 7) is 9.64. The minimum absolute atomic E-state index is 0.902. The first-order chi connectivity index (χ1) is 6.77. The lowest BCUT2D eigenvalue weighted by Gasteiger charge is -2.36. The molecule has 0 amide bonds. The van der Waals surface area contributed by atoms with Crippen LogP contribution < -0.4 is 0 Å². The SMILES string of the molecule is CCCN(CCC)[C@H]1CCC[C@@H](C)C1. The van der Waals surface area contributed by atoms with Crippen molar-refractivity contribution in [3.63, 3.8) is 0 Å². The maximum Gasteiger partial charge on any atom is 0.00977 e. The monoisotopic (exact) mass is 197 g/mol. The van der Waals surface area contributed by atoms with E-state index in [9.17, 15) is 0 Å². The van der Waals surface area contributed by atoms with Gasteiger partial charge in [-0.1, -0.05) is 33.6 Å². The highest BCUT2D eigenvalue weighted by Gasteiger charge is 2.23. The quantitative estimate of drug-likeness (QED) is 0.650. The fourth-order valence-electron chi connectivity index (χ4n) is 2.79. The van der Waals surface area contributed by atoms with E-state index in [1.807, 2.05) is 0 Å². The molecule has 0 heterocycles. The lowest BCUT2D eigenvalue weighted by atomic mass is 9.86.